The van der Waals surface area contributed by atoms with E-state index >= 15 is 0 Å². The van der Waals surface area contributed by atoms with E-state index in [2.05, 4.69) is 6.92 Å². The number of rotatable bonds is 13. The van der Waals surface area contributed by atoms with Gasteiger partial charge in [0.2, 0.25) is 0 Å². The Hall–Kier alpha value is -1.21. The molecule has 0 bridgehead atoms. The van der Waals surface area contributed by atoms with Crippen LogP contribution in [0.1, 0.15) is 64.7 Å². The van der Waals surface area contributed by atoms with Crippen molar-refractivity contribution in [3.63, 3.8) is 0 Å². The molecular weight excluding hydrogens is 336 g/mol. The number of aliphatic hydroxyl groups is 3. The van der Waals surface area contributed by atoms with Crippen LogP contribution in [0.3, 0.4) is 0 Å². The average molecular weight is 370 g/mol. The number of carboxylic acid groups (broad SMARTS) is 1. The van der Waals surface area contributed by atoms with Crippen LogP contribution < -0.4 is 0 Å². The highest BCUT2D eigenvalue weighted by Crippen LogP contribution is 2.25. The third-order valence-corrected chi connectivity index (χ3v) is 4.55. The minimum absolute atomic E-state index is 0.142. The van der Waals surface area contributed by atoms with Crippen molar-refractivity contribution in [1.82, 2.24) is 0 Å². The molecule has 0 spiro atoms. The second-order valence-corrected chi connectivity index (χ2v) is 6.95. The third-order valence-electron chi connectivity index (χ3n) is 4.55. The lowest BCUT2D eigenvalue weighted by Gasteiger charge is -2.16. The van der Waals surface area contributed by atoms with Crippen molar-refractivity contribution < 1.29 is 30.0 Å². The van der Waals surface area contributed by atoms with Crippen molar-refractivity contribution in [1.29, 1.82) is 0 Å². The van der Waals surface area contributed by atoms with Gasteiger partial charge in [-0.25, -0.2) is 0 Å². The zero-order chi connectivity index (χ0) is 19.4. The summed E-state index contributed by atoms with van der Waals surface area (Å²) in [6, 6.07) is 0. The molecule has 0 aromatic rings. The SMILES string of the molecule is CCCCC[C@H](O)/C=C/[C@@H]1O[C@@H]([C@@H](O)C/C=C\CCCC(=O)O)C[C@H]1O. The monoisotopic (exact) mass is 370 g/mol. The Labute approximate surface area is 156 Å². The minimum atomic E-state index is -0.804. The first kappa shape index (κ1) is 22.8. The van der Waals surface area contributed by atoms with Crippen LogP contribution in [0.5, 0.6) is 0 Å². The molecule has 0 radical (unpaired) electrons. The third kappa shape index (κ3) is 9.48. The molecule has 1 aliphatic rings. The van der Waals surface area contributed by atoms with E-state index in [0.29, 0.717) is 32.1 Å². The van der Waals surface area contributed by atoms with Gasteiger partial charge in [0.1, 0.15) is 6.10 Å². The predicted octanol–water partition coefficient (Wildman–Crippen LogP) is 2.56. The molecule has 5 atom stereocenters. The molecule has 1 saturated heterocycles. The molecule has 0 aromatic heterocycles. The predicted molar refractivity (Wildman–Crippen MR) is 99.8 cm³/mol. The van der Waals surface area contributed by atoms with Crippen molar-refractivity contribution in [3.05, 3.63) is 24.3 Å². The van der Waals surface area contributed by atoms with Gasteiger partial charge in [0.15, 0.2) is 0 Å². The zero-order valence-corrected chi connectivity index (χ0v) is 15.7. The molecule has 1 aliphatic heterocycles. The number of hydrogen-bond donors (Lipinski definition) is 4. The van der Waals surface area contributed by atoms with Crippen LogP contribution in [0, 0.1) is 0 Å². The minimum Gasteiger partial charge on any atom is -0.481 e. The van der Waals surface area contributed by atoms with Gasteiger partial charge in [0.25, 0.3) is 0 Å². The fourth-order valence-electron chi connectivity index (χ4n) is 2.96. The molecule has 0 amide bonds. The number of carboxylic acids is 1. The standard InChI is InChI=1S/C20H34O6/c1-2-3-6-9-15(21)12-13-18-17(23)14-19(26-18)16(22)10-7-4-5-8-11-20(24)25/h4,7,12-13,15-19,21-23H,2-3,5-6,8-11,14H2,1H3,(H,24,25)/b7-4-,13-12+/t15-,16-,17+,18-,19+/m0/s1. The summed E-state index contributed by atoms with van der Waals surface area (Å²) in [7, 11) is 0. The number of allylic oxidation sites excluding steroid dienone is 1. The lowest BCUT2D eigenvalue weighted by Crippen LogP contribution is -2.25. The molecule has 1 rings (SSSR count). The van der Waals surface area contributed by atoms with Gasteiger partial charge in [-0.2, -0.15) is 0 Å². The maximum absolute atomic E-state index is 10.4. The molecule has 0 aliphatic carbocycles. The van der Waals surface area contributed by atoms with Gasteiger partial charge in [-0.3, -0.25) is 4.79 Å². The molecule has 4 N–H and O–H groups in total. The van der Waals surface area contributed by atoms with Gasteiger partial charge in [-0.05, 0) is 25.7 Å². The Morgan fingerprint density at radius 2 is 2.00 bits per heavy atom. The van der Waals surface area contributed by atoms with Crippen LogP contribution in [0.4, 0.5) is 0 Å². The average Bonchev–Trinajstić information content (AvgIpc) is 2.97. The van der Waals surface area contributed by atoms with Crippen LogP contribution in [0.25, 0.3) is 0 Å². The van der Waals surface area contributed by atoms with Gasteiger partial charge in [0.05, 0.1) is 24.4 Å². The number of aliphatic carboxylic acids is 1. The number of carbonyl (C=O) groups is 1. The molecule has 6 heteroatoms. The highest BCUT2D eigenvalue weighted by molar-refractivity contribution is 5.66. The van der Waals surface area contributed by atoms with E-state index in [4.69, 9.17) is 9.84 Å². The molecule has 1 fully saturated rings. The first-order valence-electron chi connectivity index (χ1n) is 9.68. The molecule has 0 aromatic carbocycles. The lowest BCUT2D eigenvalue weighted by atomic mass is 10.0. The summed E-state index contributed by atoms with van der Waals surface area (Å²) >= 11 is 0. The number of ether oxygens (including phenoxy) is 1. The highest BCUT2D eigenvalue weighted by Gasteiger charge is 2.35. The van der Waals surface area contributed by atoms with E-state index in [1.807, 2.05) is 12.2 Å². The Bertz CT molecular complexity index is 448. The Morgan fingerprint density at radius 3 is 2.69 bits per heavy atom. The largest absolute Gasteiger partial charge is 0.481 e. The van der Waals surface area contributed by atoms with Crippen LogP contribution >= 0.6 is 0 Å². The van der Waals surface area contributed by atoms with Crippen molar-refractivity contribution in [3.8, 4) is 0 Å². The molecule has 0 unspecified atom stereocenters. The highest BCUT2D eigenvalue weighted by atomic mass is 16.5. The topological polar surface area (TPSA) is 107 Å². The number of hydrogen-bond acceptors (Lipinski definition) is 5. The van der Waals surface area contributed by atoms with Crippen molar-refractivity contribution in [2.75, 3.05) is 0 Å². The first-order valence-corrected chi connectivity index (χ1v) is 9.68. The maximum Gasteiger partial charge on any atom is 0.303 e. The summed E-state index contributed by atoms with van der Waals surface area (Å²) in [6.45, 7) is 2.11. The molecule has 6 nitrogen and oxygen atoms in total. The number of aliphatic hydroxyl groups excluding tert-OH is 3. The van der Waals surface area contributed by atoms with Crippen LogP contribution in [0.15, 0.2) is 24.3 Å². The molecule has 1 heterocycles. The summed E-state index contributed by atoms with van der Waals surface area (Å²) in [5, 5.41) is 38.7. The summed E-state index contributed by atoms with van der Waals surface area (Å²) in [4.78, 5) is 10.4. The van der Waals surface area contributed by atoms with Crippen LogP contribution in [-0.2, 0) is 9.53 Å². The smallest absolute Gasteiger partial charge is 0.303 e. The van der Waals surface area contributed by atoms with Gasteiger partial charge in [0, 0.05) is 12.8 Å². The van der Waals surface area contributed by atoms with E-state index < -0.39 is 36.5 Å². The lowest BCUT2D eigenvalue weighted by molar-refractivity contribution is -0.137. The first-order chi connectivity index (χ1) is 12.4. The van der Waals surface area contributed by atoms with Crippen molar-refractivity contribution in [2.45, 2.75) is 95.2 Å². The quantitative estimate of drug-likeness (QED) is 0.293. The Morgan fingerprint density at radius 1 is 1.23 bits per heavy atom. The summed E-state index contributed by atoms with van der Waals surface area (Å²) < 4.78 is 5.71. The molecule has 150 valence electrons. The summed E-state index contributed by atoms with van der Waals surface area (Å²) in [5.41, 5.74) is 0. The second-order valence-electron chi connectivity index (χ2n) is 6.95. The fraction of sp³-hybridized carbons (Fsp3) is 0.750. The van der Waals surface area contributed by atoms with Crippen LogP contribution in [-0.4, -0.2) is 56.9 Å². The normalized spacial score (nSPS) is 25.9. The second kappa shape index (κ2) is 13.0. The van der Waals surface area contributed by atoms with Crippen molar-refractivity contribution in [2.24, 2.45) is 0 Å². The zero-order valence-electron chi connectivity index (χ0n) is 15.7. The fourth-order valence-corrected chi connectivity index (χ4v) is 2.96. The van der Waals surface area contributed by atoms with Crippen molar-refractivity contribution >= 4 is 5.97 Å². The molecular formula is C20H34O6. The van der Waals surface area contributed by atoms with Gasteiger partial charge in [-0.1, -0.05) is 50.5 Å². The molecule has 26 heavy (non-hydrogen) atoms. The Balaban J connectivity index is 2.30. The van der Waals surface area contributed by atoms with Gasteiger partial charge < -0.3 is 25.2 Å². The molecule has 0 saturated carbocycles. The van der Waals surface area contributed by atoms with E-state index in [1.165, 1.54) is 0 Å². The van der Waals surface area contributed by atoms with Gasteiger partial charge >= 0.3 is 5.97 Å². The van der Waals surface area contributed by atoms with E-state index in [9.17, 15) is 20.1 Å². The van der Waals surface area contributed by atoms with Crippen LogP contribution in [0.2, 0.25) is 0 Å². The van der Waals surface area contributed by atoms with E-state index in [1.54, 1.807) is 12.2 Å². The van der Waals surface area contributed by atoms with E-state index in [-0.39, 0.29) is 6.42 Å². The summed E-state index contributed by atoms with van der Waals surface area (Å²) in [5.74, 6) is -0.804. The van der Waals surface area contributed by atoms with E-state index in [0.717, 1.165) is 19.3 Å². The Kier molecular flexibility index (Phi) is 11.4. The summed E-state index contributed by atoms with van der Waals surface area (Å²) in [6.07, 6.45) is 10.2. The number of unbranched alkanes of at least 4 members (excludes halogenated alkanes) is 3. The maximum atomic E-state index is 10.4. The van der Waals surface area contributed by atoms with Gasteiger partial charge in [-0.15, -0.1) is 0 Å².